The highest BCUT2D eigenvalue weighted by Crippen LogP contribution is 2.23. The van der Waals surface area contributed by atoms with E-state index < -0.39 is 0 Å². The van der Waals surface area contributed by atoms with Gasteiger partial charge >= 0.3 is 0 Å². The predicted octanol–water partition coefficient (Wildman–Crippen LogP) is 2.61. The lowest BCUT2D eigenvalue weighted by atomic mass is 10.2. The van der Waals surface area contributed by atoms with Gasteiger partial charge in [-0.1, -0.05) is 12.1 Å². The Hall–Kier alpha value is -1.20. The summed E-state index contributed by atoms with van der Waals surface area (Å²) in [6.07, 6.45) is 1.10. The number of nitrogens with one attached hydrogen (secondary N) is 1. The average molecular weight is 237 g/mol. The molecule has 2 aromatic rings. The van der Waals surface area contributed by atoms with Gasteiger partial charge in [-0.2, -0.15) is 16.3 Å². The fourth-order valence-corrected chi connectivity index (χ4v) is 2.22. The summed E-state index contributed by atoms with van der Waals surface area (Å²) < 4.78 is 5.17. The SMILES string of the molecule is CCCNCc1nc(-c2cscc2C)no1. The van der Waals surface area contributed by atoms with E-state index in [9.17, 15) is 0 Å². The van der Waals surface area contributed by atoms with Crippen molar-refractivity contribution in [3.05, 3.63) is 22.2 Å². The van der Waals surface area contributed by atoms with E-state index in [1.807, 2.05) is 5.38 Å². The van der Waals surface area contributed by atoms with Crippen LogP contribution in [0.1, 0.15) is 24.8 Å². The van der Waals surface area contributed by atoms with E-state index in [0.717, 1.165) is 18.5 Å². The number of rotatable bonds is 5. The van der Waals surface area contributed by atoms with Gasteiger partial charge in [-0.05, 0) is 30.8 Å². The van der Waals surface area contributed by atoms with Crippen molar-refractivity contribution in [2.75, 3.05) is 6.54 Å². The molecule has 5 heteroatoms. The van der Waals surface area contributed by atoms with Gasteiger partial charge in [0.25, 0.3) is 0 Å². The second kappa shape index (κ2) is 5.23. The fourth-order valence-electron chi connectivity index (χ4n) is 1.40. The van der Waals surface area contributed by atoms with E-state index in [2.05, 4.69) is 34.7 Å². The lowest BCUT2D eigenvalue weighted by Gasteiger charge is -1.95. The molecule has 0 unspecified atom stereocenters. The maximum atomic E-state index is 5.17. The zero-order chi connectivity index (χ0) is 11.4. The molecule has 0 fully saturated rings. The lowest BCUT2D eigenvalue weighted by Crippen LogP contribution is -2.13. The van der Waals surface area contributed by atoms with Crippen LogP contribution in [0, 0.1) is 6.92 Å². The molecule has 0 aliphatic heterocycles. The molecule has 0 atom stereocenters. The molecule has 0 aliphatic carbocycles. The summed E-state index contributed by atoms with van der Waals surface area (Å²) in [7, 11) is 0. The zero-order valence-corrected chi connectivity index (χ0v) is 10.3. The van der Waals surface area contributed by atoms with Crippen molar-refractivity contribution in [3.63, 3.8) is 0 Å². The van der Waals surface area contributed by atoms with Crippen molar-refractivity contribution in [1.29, 1.82) is 0 Å². The highest BCUT2D eigenvalue weighted by atomic mass is 32.1. The maximum absolute atomic E-state index is 5.17. The van der Waals surface area contributed by atoms with Crippen molar-refractivity contribution in [2.45, 2.75) is 26.8 Å². The van der Waals surface area contributed by atoms with Crippen LogP contribution < -0.4 is 5.32 Å². The summed E-state index contributed by atoms with van der Waals surface area (Å²) in [6, 6.07) is 0. The third kappa shape index (κ3) is 2.48. The Balaban J connectivity index is 2.05. The van der Waals surface area contributed by atoms with Gasteiger partial charge in [-0.3, -0.25) is 0 Å². The van der Waals surface area contributed by atoms with Gasteiger partial charge in [0.2, 0.25) is 11.7 Å². The molecule has 0 spiro atoms. The molecule has 16 heavy (non-hydrogen) atoms. The van der Waals surface area contributed by atoms with Gasteiger partial charge in [-0.15, -0.1) is 0 Å². The third-order valence-corrected chi connectivity index (χ3v) is 3.13. The van der Waals surface area contributed by atoms with Gasteiger partial charge in [-0.25, -0.2) is 0 Å². The summed E-state index contributed by atoms with van der Waals surface area (Å²) in [4.78, 5) is 4.35. The Kier molecular flexibility index (Phi) is 3.69. The molecule has 4 nitrogen and oxygen atoms in total. The van der Waals surface area contributed by atoms with E-state index in [4.69, 9.17) is 4.52 Å². The molecule has 1 N–H and O–H groups in total. The first-order valence-corrected chi connectivity index (χ1v) is 6.32. The molecule has 2 heterocycles. The number of nitrogens with zero attached hydrogens (tertiary/aromatic N) is 2. The number of hydrogen-bond donors (Lipinski definition) is 1. The first kappa shape index (κ1) is 11.3. The number of hydrogen-bond acceptors (Lipinski definition) is 5. The maximum Gasteiger partial charge on any atom is 0.240 e. The van der Waals surface area contributed by atoms with Crippen LogP contribution in [0.15, 0.2) is 15.3 Å². The minimum atomic E-state index is 0.643. The second-order valence-electron chi connectivity index (χ2n) is 3.66. The quantitative estimate of drug-likeness (QED) is 0.812. The molecule has 86 valence electrons. The minimum absolute atomic E-state index is 0.643. The summed E-state index contributed by atoms with van der Waals surface area (Å²) in [5.41, 5.74) is 2.26. The predicted molar refractivity (Wildman–Crippen MR) is 64.3 cm³/mol. The van der Waals surface area contributed by atoms with Crippen LogP contribution in [0.5, 0.6) is 0 Å². The Morgan fingerprint density at radius 3 is 3.00 bits per heavy atom. The molecular formula is C11H15N3OS. The van der Waals surface area contributed by atoms with Crippen molar-refractivity contribution >= 4 is 11.3 Å². The summed E-state index contributed by atoms with van der Waals surface area (Å²) in [5, 5.41) is 11.3. The van der Waals surface area contributed by atoms with E-state index in [-0.39, 0.29) is 0 Å². The van der Waals surface area contributed by atoms with Crippen LogP contribution >= 0.6 is 11.3 Å². The van der Waals surface area contributed by atoms with Gasteiger partial charge in [0, 0.05) is 10.9 Å². The zero-order valence-electron chi connectivity index (χ0n) is 9.49. The molecule has 0 saturated carbocycles. The Morgan fingerprint density at radius 1 is 1.44 bits per heavy atom. The fraction of sp³-hybridized carbons (Fsp3) is 0.455. The van der Waals surface area contributed by atoms with E-state index in [1.165, 1.54) is 5.56 Å². The molecule has 2 aromatic heterocycles. The normalized spacial score (nSPS) is 10.9. The highest BCUT2D eigenvalue weighted by molar-refractivity contribution is 7.08. The van der Waals surface area contributed by atoms with Crippen LogP contribution in [0.3, 0.4) is 0 Å². The molecule has 0 bridgehead atoms. The van der Waals surface area contributed by atoms with Crippen LogP contribution in [-0.4, -0.2) is 16.7 Å². The van der Waals surface area contributed by atoms with Crippen molar-refractivity contribution in [3.8, 4) is 11.4 Å². The molecule has 0 saturated heterocycles. The number of aromatic nitrogens is 2. The van der Waals surface area contributed by atoms with E-state index in [1.54, 1.807) is 11.3 Å². The first-order valence-electron chi connectivity index (χ1n) is 5.37. The average Bonchev–Trinajstić information content (AvgIpc) is 2.87. The third-order valence-electron chi connectivity index (χ3n) is 2.27. The van der Waals surface area contributed by atoms with Gasteiger partial charge in [0.05, 0.1) is 6.54 Å². The lowest BCUT2D eigenvalue weighted by molar-refractivity contribution is 0.368. The van der Waals surface area contributed by atoms with E-state index in [0.29, 0.717) is 18.3 Å². The smallest absolute Gasteiger partial charge is 0.240 e. The minimum Gasteiger partial charge on any atom is -0.338 e. The van der Waals surface area contributed by atoms with Crippen LogP contribution in [0.25, 0.3) is 11.4 Å². The van der Waals surface area contributed by atoms with Crippen LogP contribution in [0.2, 0.25) is 0 Å². The van der Waals surface area contributed by atoms with Crippen LogP contribution in [0.4, 0.5) is 0 Å². The van der Waals surface area contributed by atoms with Gasteiger partial charge < -0.3 is 9.84 Å². The van der Waals surface area contributed by atoms with Crippen molar-refractivity contribution in [2.24, 2.45) is 0 Å². The van der Waals surface area contributed by atoms with E-state index >= 15 is 0 Å². The number of aryl methyl sites for hydroxylation is 1. The number of thiophene rings is 1. The largest absolute Gasteiger partial charge is 0.338 e. The Labute approximate surface area is 98.7 Å². The molecule has 0 aliphatic rings. The van der Waals surface area contributed by atoms with Crippen LogP contribution in [-0.2, 0) is 6.54 Å². The Morgan fingerprint density at radius 2 is 2.31 bits per heavy atom. The highest BCUT2D eigenvalue weighted by Gasteiger charge is 2.10. The van der Waals surface area contributed by atoms with Crippen molar-refractivity contribution < 1.29 is 4.52 Å². The molecule has 2 rings (SSSR count). The van der Waals surface area contributed by atoms with Gasteiger partial charge in [0.15, 0.2) is 0 Å². The van der Waals surface area contributed by atoms with Crippen molar-refractivity contribution in [1.82, 2.24) is 15.5 Å². The summed E-state index contributed by atoms with van der Waals surface area (Å²) >= 11 is 1.65. The second-order valence-corrected chi connectivity index (χ2v) is 4.40. The monoisotopic (exact) mass is 237 g/mol. The molecular weight excluding hydrogens is 222 g/mol. The van der Waals surface area contributed by atoms with Gasteiger partial charge in [0.1, 0.15) is 0 Å². The topological polar surface area (TPSA) is 51.0 Å². The standard InChI is InChI=1S/C11H15N3OS/c1-3-4-12-5-10-13-11(14-15-10)9-7-16-6-8(9)2/h6-7,12H,3-5H2,1-2H3. The molecule has 0 amide bonds. The molecule has 0 aromatic carbocycles. The summed E-state index contributed by atoms with van der Waals surface area (Å²) in [5.74, 6) is 1.33. The summed E-state index contributed by atoms with van der Waals surface area (Å²) in [6.45, 7) is 5.79. The molecule has 0 radical (unpaired) electrons. The first-order chi connectivity index (χ1) is 7.81. The Bertz CT molecular complexity index is 450.